The van der Waals surface area contributed by atoms with Crippen LogP contribution in [0, 0.1) is 0 Å². The molecular weight excluding hydrogens is 584 g/mol. The van der Waals surface area contributed by atoms with E-state index in [-0.39, 0.29) is 30.9 Å². The van der Waals surface area contributed by atoms with Crippen molar-refractivity contribution < 1.29 is 34.1 Å². The molecule has 9 heteroatoms. The van der Waals surface area contributed by atoms with Crippen molar-refractivity contribution in [1.82, 2.24) is 10.6 Å². The maximum atomic E-state index is 12.6. The monoisotopic (exact) mass is 650 g/mol. The van der Waals surface area contributed by atoms with Crippen LogP contribution in [0.3, 0.4) is 0 Å². The molecule has 0 aliphatic carbocycles. The molecule has 0 aromatic heterocycles. The number of amides is 2. The van der Waals surface area contributed by atoms with E-state index < -0.39 is 24.5 Å². The molecule has 0 aromatic rings. The van der Waals surface area contributed by atoms with Crippen LogP contribution in [0.2, 0.25) is 0 Å². The van der Waals surface area contributed by atoms with E-state index >= 15 is 0 Å². The summed E-state index contributed by atoms with van der Waals surface area (Å²) in [6.07, 6.45) is 32.2. The third-order valence-electron chi connectivity index (χ3n) is 7.89. The van der Waals surface area contributed by atoms with Crippen molar-refractivity contribution in [2.24, 2.45) is 0 Å². The Morgan fingerprint density at radius 2 is 1.22 bits per heavy atom. The molecule has 46 heavy (non-hydrogen) atoms. The largest absolute Gasteiger partial charge is 0.480 e. The summed E-state index contributed by atoms with van der Waals surface area (Å²) in [5, 5.41) is 22.5. The molecule has 2 amide bonds. The van der Waals surface area contributed by atoms with Crippen LogP contribution >= 0.6 is 0 Å². The van der Waals surface area contributed by atoms with E-state index in [1.165, 1.54) is 57.8 Å². The predicted octanol–water partition coefficient (Wildman–Crippen LogP) is 7.70. The summed E-state index contributed by atoms with van der Waals surface area (Å²) < 4.78 is 5.87. The first kappa shape index (κ1) is 43.3. The number of carbonyl (C=O) groups excluding carboxylic acids is 3. The second-order valence-electron chi connectivity index (χ2n) is 12.3. The topological polar surface area (TPSA) is 142 Å². The average Bonchev–Trinajstić information content (AvgIpc) is 3.03. The molecule has 0 aliphatic heterocycles. The number of hydrogen-bond donors (Lipinski definition) is 4. The molecule has 0 rings (SSSR count). The molecule has 0 radical (unpaired) electrons. The van der Waals surface area contributed by atoms with Gasteiger partial charge in [0.25, 0.3) is 0 Å². The number of unbranched alkanes of at least 4 members (excludes halogenated alkanes) is 16. The van der Waals surface area contributed by atoms with Gasteiger partial charge in [-0.15, -0.1) is 0 Å². The number of carboxylic acid groups (broad SMARTS) is 1. The Balaban J connectivity index is 4.37. The normalized spacial score (nSPS) is 12.8. The molecular formula is C37H66N2O7. The molecule has 0 saturated heterocycles. The smallest absolute Gasteiger partial charge is 0.328 e. The lowest BCUT2D eigenvalue weighted by Crippen LogP contribution is -2.47. The zero-order chi connectivity index (χ0) is 34.1. The highest BCUT2D eigenvalue weighted by atomic mass is 16.5. The Morgan fingerprint density at radius 1 is 0.652 bits per heavy atom. The Labute approximate surface area is 279 Å². The molecule has 0 aromatic carbocycles. The van der Waals surface area contributed by atoms with Gasteiger partial charge in [-0.25, -0.2) is 4.79 Å². The minimum Gasteiger partial charge on any atom is -0.480 e. The molecule has 0 aliphatic rings. The molecule has 0 heterocycles. The number of aliphatic carboxylic acids is 1. The van der Waals surface area contributed by atoms with Crippen LogP contribution in [0.25, 0.3) is 0 Å². The molecule has 2 unspecified atom stereocenters. The average molecular weight is 651 g/mol. The summed E-state index contributed by atoms with van der Waals surface area (Å²) in [7, 11) is 0. The first-order valence-corrected chi connectivity index (χ1v) is 18.2. The van der Waals surface area contributed by atoms with Gasteiger partial charge < -0.3 is 25.6 Å². The maximum Gasteiger partial charge on any atom is 0.328 e. The van der Waals surface area contributed by atoms with Gasteiger partial charge in [-0.05, 0) is 63.9 Å². The number of ether oxygens (including phenoxy) is 1. The van der Waals surface area contributed by atoms with E-state index in [2.05, 4.69) is 48.8 Å². The lowest BCUT2D eigenvalue weighted by atomic mass is 10.1. The zero-order valence-electron chi connectivity index (χ0n) is 29.1. The highest BCUT2D eigenvalue weighted by molar-refractivity contribution is 5.87. The van der Waals surface area contributed by atoms with Crippen LogP contribution in [-0.2, 0) is 23.9 Å². The standard InChI is InChI=1S/C37H66N2O7/c1-3-5-7-9-11-13-15-17-19-25-29-36(43)46-32(26-22-18-16-14-12-10-8-6-4-2)27-23-20-21-24-28-34(41)38-30-35(42)39-33(31-40)37(44)45/h7,9,22,26,32-33,40H,3-6,8,10-21,23-25,27-31H2,1-2H3,(H,38,41)(H,39,42)(H,44,45)/b9-7-,26-22-. The van der Waals surface area contributed by atoms with Crippen LogP contribution < -0.4 is 10.6 Å². The van der Waals surface area contributed by atoms with E-state index in [0.29, 0.717) is 12.8 Å². The van der Waals surface area contributed by atoms with Crippen molar-refractivity contribution in [2.45, 2.75) is 174 Å². The highest BCUT2D eigenvalue weighted by Gasteiger charge is 2.18. The fraction of sp³-hybridized carbons (Fsp3) is 0.784. The van der Waals surface area contributed by atoms with E-state index in [9.17, 15) is 19.2 Å². The lowest BCUT2D eigenvalue weighted by molar-refractivity contribution is -0.147. The molecule has 0 saturated carbocycles. The van der Waals surface area contributed by atoms with Crippen LogP contribution in [0.4, 0.5) is 0 Å². The third kappa shape index (κ3) is 28.8. The van der Waals surface area contributed by atoms with Crippen molar-refractivity contribution in [3.63, 3.8) is 0 Å². The molecule has 0 fully saturated rings. The second-order valence-corrected chi connectivity index (χ2v) is 12.3. The van der Waals surface area contributed by atoms with Crippen molar-refractivity contribution >= 4 is 23.8 Å². The van der Waals surface area contributed by atoms with Crippen molar-refractivity contribution in [1.29, 1.82) is 0 Å². The van der Waals surface area contributed by atoms with Crippen LogP contribution in [0.1, 0.15) is 162 Å². The molecule has 4 N–H and O–H groups in total. The van der Waals surface area contributed by atoms with E-state index in [4.69, 9.17) is 14.9 Å². The van der Waals surface area contributed by atoms with Crippen molar-refractivity contribution in [2.75, 3.05) is 13.2 Å². The highest BCUT2D eigenvalue weighted by Crippen LogP contribution is 2.15. The number of aliphatic hydroxyl groups excluding tert-OH is 1. The Bertz CT molecular complexity index is 844. The van der Waals surface area contributed by atoms with Gasteiger partial charge in [0.1, 0.15) is 12.1 Å². The van der Waals surface area contributed by atoms with Crippen molar-refractivity contribution in [3.8, 4) is 0 Å². The predicted molar refractivity (Wildman–Crippen MR) is 185 cm³/mol. The van der Waals surface area contributed by atoms with Gasteiger partial charge in [-0.1, -0.05) is 109 Å². The van der Waals surface area contributed by atoms with Gasteiger partial charge in [-0.2, -0.15) is 0 Å². The van der Waals surface area contributed by atoms with E-state index in [1.54, 1.807) is 0 Å². The number of allylic oxidation sites excluding steroid dienone is 3. The van der Waals surface area contributed by atoms with Crippen LogP contribution in [0.15, 0.2) is 24.3 Å². The number of hydrogen-bond acceptors (Lipinski definition) is 6. The fourth-order valence-electron chi connectivity index (χ4n) is 5.04. The molecule has 9 nitrogen and oxygen atoms in total. The lowest BCUT2D eigenvalue weighted by Gasteiger charge is -2.15. The Hall–Kier alpha value is -2.68. The second kappa shape index (κ2) is 32.3. The van der Waals surface area contributed by atoms with Gasteiger partial charge in [0.2, 0.25) is 11.8 Å². The number of esters is 1. The van der Waals surface area contributed by atoms with Gasteiger partial charge >= 0.3 is 11.9 Å². The maximum absolute atomic E-state index is 12.6. The first-order chi connectivity index (χ1) is 22.3. The molecule has 0 bridgehead atoms. The number of rotatable bonds is 32. The van der Waals surface area contributed by atoms with Crippen LogP contribution in [0.5, 0.6) is 0 Å². The quantitative estimate of drug-likeness (QED) is 0.0332. The summed E-state index contributed by atoms with van der Waals surface area (Å²) in [4.78, 5) is 47.3. The summed E-state index contributed by atoms with van der Waals surface area (Å²) in [6.45, 7) is 3.37. The minimum atomic E-state index is -1.39. The van der Waals surface area contributed by atoms with Crippen molar-refractivity contribution in [3.05, 3.63) is 24.3 Å². The minimum absolute atomic E-state index is 0.123. The third-order valence-corrected chi connectivity index (χ3v) is 7.89. The Kier molecular flexibility index (Phi) is 30.4. The number of carbonyl (C=O) groups is 4. The van der Waals surface area contributed by atoms with E-state index in [1.807, 2.05) is 0 Å². The van der Waals surface area contributed by atoms with E-state index in [0.717, 1.165) is 70.6 Å². The molecule has 2 atom stereocenters. The van der Waals surface area contributed by atoms with Crippen LogP contribution in [-0.4, -0.2) is 59.3 Å². The van der Waals surface area contributed by atoms with Gasteiger partial charge in [0.15, 0.2) is 0 Å². The zero-order valence-corrected chi connectivity index (χ0v) is 29.1. The first-order valence-electron chi connectivity index (χ1n) is 18.2. The fourth-order valence-corrected chi connectivity index (χ4v) is 5.04. The number of carboxylic acids is 1. The summed E-state index contributed by atoms with van der Waals surface area (Å²) in [6, 6.07) is -1.39. The number of aliphatic hydroxyl groups is 1. The molecule has 0 spiro atoms. The van der Waals surface area contributed by atoms with Gasteiger partial charge in [-0.3, -0.25) is 14.4 Å². The van der Waals surface area contributed by atoms with Gasteiger partial charge in [0, 0.05) is 12.8 Å². The van der Waals surface area contributed by atoms with Gasteiger partial charge in [0.05, 0.1) is 13.2 Å². The summed E-state index contributed by atoms with van der Waals surface area (Å²) >= 11 is 0. The summed E-state index contributed by atoms with van der Waals surface area (Å²) in [5.41, 5.74) is 0. The molecule has 266 valence electrons. The SMILES string of the molecule is CCC/C=C\CCCCCCCC(=O)OC(/C=C\CCCCCCCCC)CCCCCCC(=O)NCC(=O)NC(CO)C(=O)O. The Morgan fingerprint density at radius 3 is 1.85 bits per heavy atom. The summed E-state index contributed by atoms with van der Waals surface area (Å²) in [5.74, 6) is -2.41. The number of nitrogens with one attached hydrogen (secondary N) is 2.